The predicted molar refractivity (Wildman–Crippen MR) is 81.6 cm³/mol. The summed E-state index contributed by atoms with van der Waals surface area (Å²) in [5.74, 6) is -0.168. The lowest BCUT2D eigenvalue weighted by atomic mass is 10.1. The monoisotopic (exact) mass is 284 g/mol. The van der Waals surface area contributed by atoms with Crippen LogP contribution in [0.5, 0.6) is 0 Å². The number of hydrogen-bond acceptors (Lipinski definition) is 3. The first kappa shape index (κ1) is 13.8. The van der Waals surface area contributed by atoms with Crippen LogP contribution in [0.25, 0.3) is 5.69 Å². The number of carbonyl (C=O) groups is 1. The minimum absolute atomic E-state index is 0.168. The van der Waals surface area contributed by atoms with Crippen LogP contribution in [0.1, 0.15) is 34.5 Å². The lowest BCUT2D eigenvalue weighted by Crippen LogP contribution is -2.19. The molecule has 2 N–H and O–H groups in total. The summed E-state index contributed by atoms with van der Waals surface area (Å²) >= 11 is 0. The summed E-state index contributed by atoms with van der Waals surface area (Å²) < 4.78 is 1.77. The van der Waals surface area contributed by atoms with E-state index in [1.54, 1.807) is 17.8 Å². The maximum atomic E-state index is 11.6. The van der Waals surface area contributed by atoms with Crippen LogP contribution in [0, 0.1) is 6.92 Å². The molecule has 5 nitrogen and oxygen atoms in total. The molecule has 21 heavy (non-hydrogen) atoms. The van der Waals surface area contributed by atoms with Crippen molar-refractivity contribution in [3.05, 3.63) is 47.3 Å². The van der Waals surface area contributed by atoms with E-state index in [1.807, 2.05) is 6.20 Å². The van der Waals surface area contributed by atoms with Crippen molar-refractivity contribution in [2.75, 3.05) is 7.05 Å². The Morgan fingerprint density at radius 3 is 2.90 bits per heavy atom. The first-order chi connectivity index (χ1) is 10.2. The maximum absolute atomic E-state index is 11.6. The van der Waals surface area contributed by atoms with Gasteiger partial charge >= 0.3 is 0 Å². The van der Waals surface area contributed by atoms with Gasteiger partial charge in [0.05, 0.1) is 5.69 Å². The first-order valence-corrected chi connectivity index (χ1v) is 7.28. The minimum Gasteiger partial charge on any atom is -0.354 e. The second-order valence-electron chi connectivity index (χ2n) is 5.51. The number of nitrogens with zero attached hydrogens (tertiary/aromatic N) is 2. The van der Waals surface area contributed by atoms with Gasteiger partial charge in [0.25, 0.3) is 5.91 Å². The Morgan fingerprint density at radius 2 is 2.19 bits per heavy atom. The molecule has 0 unspecified atom stereocenters. The van der Waals surface area contributed by atoms with Crippen LogP contribution in [-0.4, -0.2) is 28.8 Å². The quantitative estimate of drug-likeness (QED) is 0.880. The Bertz CT molecular complexity index is 658. The van der Waals surface area contributed by atoms with Crippen LogP contribution in [0.15, 0.2) is 30.5 Å². The van der Waals surface area contributed by atoms with Crippen LogP contribution in [-0.2, 0) is 6.54 Å². The number of benzene rings is 1. The van der Waals surface area contributed by atoms with E-state index in [-0.39, 0.29) is 5.91 Å². The molecular weight excluding hydrogens is 264 g/mol. The number of carbonyl (C=O) groups excluding carboxylic acids is 1. The van der Waals surface area contributed by atoms with Crippen LogP contribution < -0.4 is 10.6 Å². The highest BCUT2D eigenvalue weighted by atomic mass is 16.1. The second-order valence-corrected chi connectivity index (χ2v) is 5.51. The molecule has 0 aliphatic heterocycles. The molecule has 1 aromatic carbocycles. The van der Waals surface area contributed by atoms with E-state index in [4.69, 9.17) is 0 Å². The van der Waals surface area contributed by atoms with Crippen molar-refractivity contribution < 1.29 is 4.79 Å². The first-order valence-electron chi connectivity index (χ1n) is 7.28. The summed E-state index contributed by atoms with van der Waals surface area (Å²) in [7, 11) is 1.61. The van der Waals surface area contributed by atoms with Crippen molar-refractivity contribution in [3.63, 3.8) is 0 Å². The molecule has 1 aliphatic rings. The van der Waals surface area contributed by atoms with E-state index in [0.717, 1.165) is 12.2 Å². The summed E-state index contributed by atoms with van der Waals surface area (Å²) in [5.41, 5.74) is 3.88. The van der Waals surface area contributed by atoms with E-state index in [0.29, 0.717) is 11.7 Å². The molecule has 0 spiro atoms. The van der Waals surface area contributed by atoms with Gasteiger partial charge in [-0.3, -0.25) is 4.79 Å². The van der Waals surface area contributed by atoms with E-state index >= 15 is 0 Å². The van der Waals surface area contributed by atoms with Crippen molar-refractivity contribution in [1.29, 1.82) is 0 Å². The highest BCUT2D eigenvalue weighted by molar-refractivity contribution is 5.91. The third kappa shape index (κ3) is 3.13. The van der Waals surface area contributed by atoms with Crippen LogP contribution >= 0.6 is 0 Å². The number of rotatable bonds is 5. The van der Waals surface area contributed by atoms with Gasteiger partial charge in [0.15, 0.2) is 5.69 Å². The Balaban J connectivity index is 1.88. The molecule has 5 heteroatoms. The smallest absolute Gasteiger partial charge is 0.271 e. The lowest BCUT2D eigenvalue weighted by molar-refractivity contribution is 0.0957. The van der Waals surface area contributed by atoms with Crippen molar-refractivity contribution >= 4 is 5.91 Å². The number of nitrogens with one attached hydrogen (secondary N) is 2. The number of aromatic nitrogens is 2. The summed E-state index contributed by atoms with van der Waals surface area (Å²) in [5, 5.41) is 10.5. The number of aryl methyl sites for hydroxylation is 1. The fourth-order valence-corrected chi connectivity index (χ4v) is 2.33. The van der Waals surface area contributed by atoms with Gasteiger partial charge in [-0.1, -0.05) is 17.7 Å². The Hall–Kier alpha value is -2.14. The highest BCUT2D eigenvalue weighted by Gasteiger charge is 2.20. The highest BCUT2D eigenvalue weighted by Crippen LogP contribution is 2.21. The van der Waals surface area contributed by atoms with Gasteiger partial charge < -0.3 is 10.6 Å². The van der Waals surface area contributed by atoms with Crippen molar-refractivity contribution in [1.82, 2.24) is 20.4 Å². The Morgan fingerprint density at radius 1 is 1.38 bits per heavy atom. The van der Waals surface area contributed by atoms with Crippen LogP contribution in [0.2, 0.25) is 0 Å². The molecule has 1 saturated carbocycles. The molecule has 1 aromatic heterocycles. The van der Waals surface area contributed by atoms with Crippen molar-refractivity contribution in [2.24, 2.45) is 0 Å². The predicted octanol–water partition coefficient (Wildman–Crippen LogP) is 1.79. The number of hydrogen-bond donors (Lipinski definition) is 2. The van der Waals surface area contributed by atoms with E-state index in [9.17, 15) is 4.79 Å². The standard InChI is InChI=1S/C16H20N4O/c1-11-3-6-15(12(9-11)10-18-13-4-5-13)20-8-7-14(19-20)16(21)17-2/h3,6-9,13,18H,4-5,10H2,1-2H3,(H,17,21). The van der Waals surface area contributed by atoms with Gasteiger partial charge in [-0.25, -0.2) is 4.68 Å². The fraction of sp³-hybridized carbons (Fsp3) is 0.375. The average molecular weight is 284 g/mol. The van der Waals surface area contributed by atoms with Crippen LogP contribution in [0.4, 0.5) is 0 Å². The fourth-order valence-electron chi connectivity index (χ4n) is 2.33. The summed E-state index contributed by atoms with van der Waals surface area (Å²) in [6, 6.07) is 8.69. The summed E-state index contributed by atoms with van der Waals surface area (Å²) in [4.78, 5) is 11.6. The Labute approximate surface area is 124 Å². The topological polar surface area (TPSA) is 59.0 Å². The maximum Gasteiger partial charge on any atom is 0.271 e. The van der Waals surface area contributed by atoms with Gasteiger partial charge in [0.1, 0.15) is 0 Å². The summed E-state index contributed by atoms with van der Waals surface area (Å²) in [6.07, 6.45) is 4.36. The molecule has 2 aromatic rings. The van der Waals surface area contributed by atoms with E-state index in [2.05, 4.69) is 40.9 Å². The second kappa shape index (κ2) is 5.69. The largest absolute Gasteiger partial charge is 0.354 e. The van der Waals surface area contributed by atoms with Gasteiger partial charge in [-0.05, 0) is 37.5 Å². The van der Waals surface area contributed by atoms with Gasteiger partial charge in [0.2, 0.25) is 0 Å². The SMILES string of the molecule is CNC(=O)c1ccn(-c2ccc(C)cc2CNC2CC2)n1. The van der Waals surface area contributed by atoms with Crippen molar-refractivity contribution in [2.45, 2.75) is 32.4 Å². The molecule has 110 valence electrons. The summed E-state index contributed by atoms with van der Waals surface area (Å²) in [6.45, 7) is 2.92. The van der Waals surface area contributed by atoms with E-state index < -0.39 is 0 Å². The Kier molecular flexibility index (Phi) is 3.75. The molecule has 3 rings (SSSR count). The minimum atomic E-state index is -0.168. The molecule has 1 heterocycles. The molecule has 1 fully saturated rings. The van der Waals surface area contributed by atoms with Gasteiger partial charge in [0, 0.05) is 25.8 Å². The zero-order valence-electron chi connectivity index (χ0n) is 12.4. The van der Waals surface area contributed by atoms with Gasteiger partial charge in [-0.15, -0.1) is 0 Å². The molecule has 0 saturated heterocycles. The third-order valence-electron chi connectivity index (χ3n) is 3.69. The van der Waals surface area contributed by atoms with Crippen LogP contribution in [0.3, 0.4) is 0 Å². The third-order valence-corrected chi connectivity index (χ3v) is 3.69. The zero-order chi connectivity index (χ0) is 14.8. The van der Waals surface area contributed by atoms with Gasteiger partial charge in [-0.2, -0.15) is 5.10 Å². The molecule has 0 bridgehead atoms. The molecule has 1 amide bonds. The number of amides is 1. The molecular formula is C16H20N4O. The molecule has 0 radical (unpaired) electrons. The van der Waals surface area contributed by atoms with Crippen molar-refractivity contribution in [3.8, 4) is 5.69 Å². The molecule has 0 atom stereocenters. The lowest BCUT2D eigenvalue weighted by Gasteiger charge is -2.11. The molecule has 1 aliphatic carbocycles. The normalized spacial score (nSPS) is 14.2. The average Bonchev–Trinajstić information content (AvgIpc) is 3.20. The van der Waals surface area contributed by atoms with E-state index in [1.165, 1.54) is 24.0 Å². The zero-order valence-corrected chi connectivity index (χ0v) is 12.4.